The molecule has 134 valence electrons. The highest BCUT2D eigenvalue weighted by atomic mass is 127. The molecule has 2 aromatic carbocycles. The number of halogens is 1. The highest BCUT2D eigenvalue weighted by molar-refractivity contribution is 14.1. The van der Waals surface area contributed by atoms with E-state index >= 15 is 0 Å². The van der Waals surface area contributed by atoms with Crippen LogP contribution in [-0.4, -0.2) is 31.2 Å². The van der Waals surface area contributed by atoms with Crippen molar-refractivity contribution in [2.45, 2.75) is 17.7 Å². The summed E-state index contributed by atoms with van der Waals surface area (Å²) in [7, 11) is 0. The first-order chi connectivity index (χ1) is 12.8. The molecular formula is C22H22INOS. The largest absolute Gasteiger partial charge is 0.378 e. The van der Waals surface area contributed by atoms with Gasteiger partial charge in [0.05, 0.1) is 18.9 Å². The number of allylic oxidation sites excluding steroid dienone is 2. The standard InChI is InChI=1S/C22H22INOS/c23-19-7-9-20(10-8-19)26-21-11-6-18(16-17-4-2-1-3-5-17)22(21)24-12-14-25-15-13-24/h1-5,7-10,16H,6,11-15H2/b18-16+. The van der Waals surface area contributed by atoms with Crippen LogP contribution in [0.4, 0.5) is 0 Å². The van der Waals surface area contributed by atoms with Gasteiger partial charge in [-0.2, -0.15) is 0 Å². The Labute approximate surface area is 173 Å². The van der Waals surface area contributed by atoms with Gasteiger partial charge in [-0.3, -0.25) is 0 Å². The lowest BCUT2D eigenvalue weighted by Gasteiger charge is -2.31. The second-order valence-corrected chi connectivity index (χ2v) is 8.92. The van der Waals surface area contributed by atoms with Crippen molar-refractivity contribution in [3.63, 3.8) is 0 Å². The van der Waals surface area contributed by atoms with Gasteiger partial charge in [0.25, 0.3) is 0 Å². The molecule has 1 aliphatic heterocycles. The topological polar surface area (TPSA) is 12.5 Å². The molecule has 4 rings (SSSR count). The third-order valence-corrected chi connectivity index (χ3v) is 6.58. The molecule has 0 radical (unpaired) electrons. The molecule has 0 atom stereocenters. The van der Waals surface area contributed by atoms with Crippen molar-refractivity contribution in [3.05, 3.63) is 79.9 Å². The van der Waals surface area contributed by atoms with E-state index in [1.807, 2.05) is 11.8 Å². The SMILES string of the molecule is Ic1ccc(SC2=C(N3CCOCC3)/C(=C/c3ccccc3)CC2)cc1. The van der Waals surface area contributed by atoms with Crippen molar-refractivity contribution in [1.29, 1.82) is 0 Å². The van der Waals surface area contributed by atoms with E-state index in [9.17, 15) is 0 Å². The Morgan fingerprint density at radius 1 is 0.923 bits per heavy atom. The number of hydrogen-bond acceptors (Lipinski definition) is 3. The molecule has 0 saturated carbocycles. The average molecular weight is 475 g/mol. The lowest BCUT2D eigenvalue weighted by molar-refractivity contribution is 0.0549. The summed E-state index contributed by atoms with van der Waals surface area (Å²) >= 11 is 4.29. The Morgan fingerprint density at radius 3 is 2.38 bits per heavy atom. The first-order valence-electron chi connectivity index (χ1n) is 9.05. The van der Waals surface area contributed by atoms with Crippen molar-refractivity contribution in [2.75, 3.05) is 26.3 Å². The zero-order valence-corrected chi connectivity index (χ0v) is 17.6. The highest BCUT2D eigenvalue weighted by Gasteiger charge is 2.26. The van der Waals surface area contributed by atoms with Crippen molar-refractivity contribution < 1.29 is 4.74 Å². The molecule has 26 heavy (non-hydrogen) atoms. The summed E-state index contributed by atoms with van der Waals surface area (Å²) in [6, 6.07) is 19.5. The summed E-state index contributed by atoms with van der Waals surface area (Å²) in [5.74, 6) is 0. The summed E-state index contributed by atoms with van der Waals surface area (Å²) in [6.45, 7) is 3.61. The van der Waals surface area contributed by atoms with E-state index < -0.39 is 0 Å². The van der Waals surface area contributed by atoms with E-state index in [1.165, 1.54) is 30.2 Å². The molecule has 0 N–H and O–H groups in total. The van der Waals surface area contributed by atoms with Crippen LogP contribution in [0.15, 0.2) is 75.7 Å². The van der Waals surface area contributed by atoms with Crippen molar-refractivity contribution >= 4 is 40.4 Å². The zero-order valence-electron chi connectivity index (χ0n) is 14.7. The maximum atomic E-state index is 5.59. The minimum Gasteiger partial charge on any atom is -0.378 e. The Hall–Kier alpha value is -1.24. The quantitative estimate of drug-likeness (QED) is 0.519. The van der Waals surface area contributed by atoms with Gasteiger partial charge >= 0.3 is 0 Å². The third-order valence-electron chi connectivity index (χ3n) is 4.71. The zero-order chi connectivity index (χ0) is 17.8. The molecule has 0 spiro atoms. The minimum atomic E-state index is 0.823. The van der Waals surface area contributed by atoms with Crippen LogP contribution < -0.4 is 0 Å². The molecule has 0 bridgehead atoms. The lowest BCUT2D eigenvalue weighted by Crippen LogP contribution is -2.35. The number of benzene rings is 2. The van der Waals surface area contributed by atoms with Gasteiger partial charge in [-0.1, -0.05) is 42.1 Å². The number of hydrogen-bond donors (Lipinski definition) is 0. The van der Waals surface area contributed by atoms with Gasteiger partial charge in [0.2, 0.25) is 0 Å². The van der Waals surface area contributed by atoms with Gasteiger partial charge in [-0.05, 0) is 76.9 Å². The monoisotopic (exact) mass is 475 g/mol. The first kappa shape index (κ1) is 18.1. The smallest absolute Gasteiger partial charge is 0.0642 e. The van der Waals surface area contributed by atoms with Crippen molar-refractivity contribution in [3.8, 4) is 0 Å². The molecule has 1 fully saturated rings. The number of ether oxygens (including phenoxy) is 1. The van der Waals surface area contributed by atoms with Crippen molar-refractivity contribution in [2.24, 2.45) is 0 Å². The second-order valence-electron chi connectivity index (χ2n) is 6.51. The van der Waals surface area contributed by atoms with Gasteiger partial charge in [0.1, 0.15) is 0 Å². The van der Waals surface area contributed by atoms with Gasteiger partial charge < -0.3 is 9.64 Å². The molecule has 4 heteroatoms. The van der Waals surface area contributed by atoms with Crippen LogP contribution in [0, 0.1) is 3.57 Å². The van der Waals surface area contributed by atoms with Crippen molar-refractivity contribution in [1.82, 2.24) is 4.90 Å². The maximum Gasteiger partial charge on any atom is 0.0642 e. The number of rotatable bonds is 4. The fourth-order valence-corrected chi connectivity index (χ4v) is 4.94. The van der Waals surface area contributed by atoms with E-state index in [0.717, 1.165) is 39.1 Å². The van der Waals surface area contributed by atoms with Crippen LogP contribution in [0.5, 0.6) is 0 Å². The van der Waals surface area contributed by atoms with E-state index in [1.54, 1.807) is 0 Å². The molecule has 1 saturated heterocycles. The minimum absolute atomic E-state index is 0.823. The van der Waals surface area contributed by atoms with Crippen LogP contribution in [0.2, 0.25) is 0 Å². The fraction of sp³-hybridized carbons (Fsp3) is 0.273. The number of nitrogens with zero attached hydrogens (tertiary/aromatic N) is 1. The first-order valence-corrected chi connectivity index (χ1v) is 10.9. The molecular weight excluding hydrogens is 453 g/mol. The predicted molar refractivity (Wildman–Crippen MR) is 118 cm³/mol. The van der Waals surface area contributed by atoms with E-state index in [0.29, 0.717) is 0 Å². The van der Waals surface area contributed by atoms with Gasteiger partial charge in [-0.25, -0.2) is 0 Å². The molecule has 2 aliphatic rings. The molecule has 0 aromatic heterocycles. The molecule has 1 heterocycles. The van der Waals surface area contributed by atoms with Gasteiger partial charge in [-0.15, -0.1) is 0 Å². The molecule has 0 amide bonds. The van der Waals surface area contributed by atoms with Gasteiger partial charge in [0.15, 0.2) is 0 Å². The van der Waals surface area contributed by atoms with Crippen LogP contribution in [0.25, 0.3) is 6.08 Å². The molecule has 0 unspecified atom stereocenters. The normalized spacial score (nSPS) is 19.4. The molecule has 2 aromatic rings. The highest BCUT2D eigenvalue weighted by Crippen LogP contribution is 2.43. The second kappa shape index (κ2) is 8.63. The van der Waals surface area contributed by atoms with Crippen LogP contribution >= 0.6 is 34.4 Å². The Balaban J connectivity index is 1.67. The summed E-state index contributed by atoms with van der Waals surface area (Å²) in [4.78, 5) is 5.35. The average Bonchev–Trinajstić information content (AvgIpc) is 3.07. The van der Waals surface area contributed by atoms with Crippen LogP contribution in [0.3, 0.4) is 0 Å². The van der Waals surface area contributed by atoms with Crippen LogP contribution in [-0.2, 0) is 4.74 Å². The number of morpholine rings is 1. The van der Waals surface area contributed by atoms with E-state index in [-0.39, 0.29) is 0 Å². The summed E-state index contributed by atoms with van der Waals surface area (Å²) in [6.07, 6.45) is 4.61. The number of thioether (sulfide) groups is 1. The fourth-order valence-electron chi connectivity index (χ4n) is 3.47. The lowest BCUT2D eigenvalue weighted by atomic mass is 10.1. The Morgan fingerprint density at radius 2 is 1.65 bits per heavy atom. The van der Waals surface area contributed by atoms with Gasteiger partial charge in [0, 0.05) is 26.5 Å². The predicted octanol–water partition coefficient (Wildman–Crippen LogP) is 5.80. The maximum absolute atomic E-state index is 5.59. The summed E-state index contributed by atoms with van der Waals surface area (Å²) < 4.78 is 6.87. The summed E-state index contributed by atoms with van der Waals surface area (Å²) in [5, 5.41) is 0. The third kappa shape index (κ3) is 4.35. The van der Waals surface area contributed by atoms with E-state index in [2.05, 4.69) is 88.2 Å². The van der Waals surface area contributed by atoms with E-state index in [4.69, 9.17) is 4.74 Å². The van der Waals surface area contributed by atoms with Crippen LogP contribution in [0.1, 0.15) is 18.4 Å². The Kier molecular flexibility index (Phi) is 6.02. The molecule has 2 nitrogen and oxygen atoms in total. The Bertz CT molecular complexity index is 808. The summed E-state index contributed by atoms with van der Waals surface area (Å²) in [5.41, 5.74) is 4.19. The molecule has 1 aliphatic carbocycles.